The first-order valence-corrected chi connectivity index (χ1v) is 9.44. The number of carbonyl (C=O) groups is 3. The number of carbonyl (C=O) groups excluding carboxylic acids is 2. The second-order valence-electron chi connectivity index (χ2n) is 6.37. The van der Waals surface area contributed by atoms with Crippen LogP contribution in [-0.4, -0.2) is 28.3 Å². The normalized spacial score (nSPS) is 16.5. The molecule has 0 aromatic heterocycles. The average Bonchev–Trinajstić information content (AvgIpc) is 2.92. The second-order valence-corrected chi connectivity index (χ2v) is 7.37. The van der Waals surface area contributed by atoms with Gasteiger partial charge in [0.2, 0.25) is 0 Å². The number of carboxylic acids is 1. The first kappa shape index (κ1) is 19.7. The molecule has 6 nitrogen and oxygen atoms in total. The minimum absolute atomic E-state index is 0.255. The Morgan fingerprint density at radius 3 is 2.57 bits per heavy atom. The Kier molecular flexibility index (Phi) is 5.56. The van der Waals surface area contributed by atoms with Gasteiger partial charge in [-0.25, -0.2) is 9.69 Å². The summed E-state index contributed by atoms with van der Waals surface area (Å²) in [6.45, 7) is 5.21. The number of anilines is 1. The predicted molar refractivity (Wildman–Crippen MR) is 109 cm³/mol. The Labute approximate surface area is 166 Å². The molecule has 1 aliphatic heterocycles. The Hall–Kier alpha value is -3.06. The van der Waals surface area contributed by atoms with E-state index in [2.05, 4.69) is 0 Å². The van der Waals surface area contributed by atoms with Gasteiger partial charge < -0.3 is 9.84 Å². The highest BCUT2D eigenvalue weighted by molar-refractivity contribution is 8.19. The number of hydrogen-bond acceptors (Lipinski definition) is 5. The number of benzene rings is 2. The highest BCUT2D eigenvalue weighted by atomic mass is 32.2. The van der Waals surface area contributed by atoms with Crippen molar-refractivity contribution in [2.45, 2.75) is 26.9 Å². The summed E-state index contributed by atoms with van der Waals surface area (Å²) in [6, 6.07) is 12.3. The van der Waals surface area contributed by atoms with Gasteiger partial charge in [0.05, 0.1) is 10.6 Å². The highest BCUT2D eigenvalue weighted by Crippen LogP contribution is 2.38. The zero-order valence-corrected chi connectivity index (χ0v) is 16.4. The number of carboxylic acid groups (broad SMARTS) is 1. The molecule has 1 heterocycles. The van der Waals surface area contributed by atoms with E-state index in [-0.39, 0.29) is 10.1 Å². The third-order valence-electron chi connectivity index (χ3n) is 4.47. The molecule has 7 heteroatoms. The molecular weight excluding hydrogens is 378 g/mol. The van der Waals surface area contributed by atoms with Gasteiger partial charge >= 0.3 is 5.97 Å². The van der Waals surface area contributed by atoms with Crippen LogP contribution in [0.2, 0.25) is 0 Å². The SMILES string of the molecule is Cc1cccc(N2C(=O)S/C(=C/c3ccccc3OC(C)C(=O)O)C2=O)c1C. The average molecular weight is 397 g/mol. The maximum atomic E-state index is 12.9. The topological polar surface area (TPSA) is 83.9 Å². The molecule has 2 aromatic rings. The molecule has 0 radical (unpaired) electrons. The fourth-order valence-electron chi connectivity index (χ4n) is 2.74. The van der Waals surface area contributed by atoms with Crippen LogP contribution in [0, 0.1) is 13.8 Å². The van der Waals surface area contributed by atoms with E-state index >= 15 is 0 Å². The number of rotatable bonds is 5. The molecule has 1 aliphatic rings. The van der Waals surface area contributed by atoms with Crippen molar-refractivity contribution in [2.75, 3.05) is 4.90 Å². The van der Waals surface area contributed by atoms with Crippen molar-refractivity contribution in [3.8, 4) is 5.75 Å². The molecule has 0 aliphatic carbocycles. The number of hydrogen-bond donors (Lipinski definition) is 1. The Morgan fingerprint density at radius 1 is 1.14 bits per heavy atom. The number of thioether (sulfide) groups is 1. The molecule has 1 saturated heterocycles. The zero-order valence-electron chi connectivity index (χ0n) is 15.6. The summed E-state index contributed by atoms with van der Waals surface area (Å²) in [7, 11) is 0. The summed E-state index contributed by atoms with van der Waals surface area (Å²) in [5.74, 6) is -1.18. The summed E-state index contributed by atoms with van der Waals surface area (Å²) in [5, 5.41) is 8.68. The van der Waals surface area contributed by atoms with Crippen LogP contribution in [-0.2, 0) is 9.59 Å². The third-order valence-corrected chi connectivity index (χ3v) is 5.34. The van der Waals surface area contributed by atoms with Gasteiger partial charge in [0.25, 0.3) is 11.1 Å². The molecule has 28 heavy (non-hydrogen) atoms. The smallest absolute Gasteiger partial charge is 0.344 e. The molecule has 1 N–H and O–H groups in total. The molecule has 3 rings (SSSR count). The van der Waals surface area contributed by atoms with E-state index in [1.54, 1.807) is 42.5 Å². The van der Waals surface area contributed by atoms with Crippen molar-refractivity contribution in [3.05, 3.63) is 64.1 Å². The fraction of sp³-hybridized carbons (Fsp3) is 0.190. The molecular formula is C21H19NO5S. The summed E-state index contributed by atoms with van der Waals surface area (Å²) < 4.78 is 5.46. The maximum absolute atomic E-state index is 12.9. The molecule has 0 bridgehead atoms. The number of nitrogens with zero attached hydrogens (tertiary/aromatic N) is 1. The van der Waals surface area contributed by atoms with Gasteiger partial charge in [-0.05, 0) is 61.9 Å². The van der Waals surface area contributed by atoms with Crippen LogP contribution in [0.15, 0.2) is 47.4 Å². The lowest BCUT2D eigenvalue weighted by atomic mass is 10.1. The van der Waals surface area contributed by atoms with Crippen molar-refractivity contribution >= 4 is 40.6 Å². The molecule has 0 saturated carbocycles. The minimum Gasteiger partial charge on any atom is -0.479 e. The minimum atomic E-state index is -1.09. The molecule has 1 fully saturated rings. The largest absolute Gasteiger partial charge is 0.479 e. The number of amides is 2. The van der Waals surface area contributed by atoms with Gasteiger partial charge in [0.1, 0.15) is 5.75 Å². The van der Waals surface area contributed by atoms with Crippen LogP contribution >= 0.6 is 11.8 Å². The lowest BCUT2D eigenvalue weighted by Gasteiger charge is -2.16. The van der Waals surface area contributed by atoms with E-state index in [4.69, 9.17) is 9.84 Å². The van der Waals surface area contributed by atoms with Crippen LogP contribution in [0.5, 0.6) is 5.75 Å². The monoisotopic (exact) mass is 397 g/mol. The standard InChI is InChI=1S/C21H19NO5S/c1-12-7-6-9-16(13(12)2)22-19(23)18(28-21(22)26)11-15-8-4-5-10-17(15)27-14(3)20(24)25/h4-11,14H,1-3H3,(H,24,25)/b18-11+. The quantitative estimate of drug-likeness (QED) is 0.753. The number of para-hydroxylation sites is 1. The Bertz CT molecular complexity index is 998. The maximum Gasteiger partial charge on any atom is 0.344 e. The van der Waals surface area contributed by atoms with Gasteiger partial charge in [-0.3, -0.25) is 9.59 Å². The number of aryl methyl sites for hydroxylation is 1. The van der Waals surface area contributed by atoms with Crippen molar-refractivity contribution in [1.82, 2.24) is 0 Å². The molecule has 144 valence electrons. The van der Waals surface area contributed by atoms with Crippen LogP contribution < -0.4 is 9.64 Å². The summed E-state index contributed by atoms with van der Waals surface area (Å²) in [6.07, 6.45) is 0.513. The first-order valence-electron chi connectivity index (χ1n) is 8.62. The lowest BCUT2D eigenvalue weighted by Crippen LogP contribution is -2.28. The number of aliphatic carboxylic acids is 1. The molecule has 2 amide bonds. The third kappa shape index (κ3) is 3.80. The first-order chi connectivity index (χ1) is 13.3. The van der Waals surface area contributed by atoms with E-state index in [1.165, 1.54) is 11.8 Å². The van der Waals surface area contributed by atoms with Gasteiger partial charge in [-0.15, -0.1) is 0 Å². The number of ether oxygens (including phenoxy) is 1. The van der Waals surface area contributed by atoms with E-state index in [9.17, 15) is 14.4 Å². The molecule has 0 spiro atoms. The summed E-state index contributed by atoms with van der Waals surface area (Å²) in [5.41, 5.74) is 2.95. The summed E-state index contributed by atoms with van der Waals surface area (Å²) in [4.78, 5) is 37.9. The van der Waals surface area contributed by atoms with E-state index in [0.717, 1.165) is 22.9 Å². The van der Waals surface area contributed by atoms with Crippen LogP contribution in [0.3, 0.4) is 0 Å². The van der Waals surface area contributed by atoms with Crippen molar-refractivity contribution in [1.29, 1.82) is 0 Å². The van der Waals surface area contributed by atoms with E-state index < -0.39 is 18.0 Å². The van der Waals surface area contributed by atoms with E-state index in [0.29, 0.717) is 17.0 Å². The Morgan fingerprint density at radius 2 is 1.86 bits per heavy atom. The lowest BCUT2D eigenvalue weighted by molar-refractivity contribution is -0.144. The number of imide groups is 1. The van der Waals surface area contributed by atoms with Crippen molar-refractivity contribution in [3.63, 3.8) is 0 Å². The predicted octanol–water partition coefficient (Wildman–Crippen LogP) is 4.40. The van der Waals surface area contributed by atoms with E-state index in [1.807, 2.05) is 19.9 Å². The van der Waals surface area contributed by atoms with Gasteiger partial charge in [0, 0.05) is 5.56 Å². The molecule has 2 aromatic carbocycles. The van der Waals surface area contributed by atoms with Crippen LogP contribution in [0.4, 0.5) is 10.5 Å². The van der Waals surface area contributed by atoms with Gasteiger partial charge in [-0.1, -0.05) is 30.3 Å². The second kappa shape index (κ2) is 7.90. The highest BCUT2D eigenvalue weighted by Gasteiger charge is 2.37. The molecule has 1 unspecified atom stereocenters. The van der Waals surface area contributed by atoms with Gasteiger partial charge in [0.15, 0.2) is 6.10 Å². The van der Waals surface area contributed by atoms with Crippen LogP contribution in [0.25, 0.3) is 6.08 Å². The van der Waals surface area contributed by atoms with Crippen molar-refractivity contribution in [2.24, 2.45) is 0 Å². The van der Waals surface area contributed by atoms with Crippen molar-refractivity contribution < 1.29 is 24.2 Å². The molecule has 1 atom stereocenters. The van der Waals surface area contributed by atoms with Gasteiger partial charge in [-0.2, -0.15) is 0 Å². The Balaban J connectivity index is 1.95. The zero-order chi connectivity index (χ0) is 20.4. The summed E-state index contributed by atoms with van der Waals surface area (Å²) >= 11 is 0.847. The van der Waals surface area contributed by atoms with Crippen LogP contribution in [0.1, 0.15) is 23.6 Å². The fourth-order valence-corrected chi connectivity index (χ4v) is 3.57.